The maximum atomic E-state index is 13.6. The van der Waals surface area contributed by atoms with Crippen LogP contribution >= 0.6 is 11.6 Å². The molecule has 2 amide bonds. The molecule has 1 saturated carbocycles. The van der Waals surface area contributed by atoms with Crippen molar-refractivity contribution in [3.8, 4) is 0 Å². The van der Waals surface area contributed by atoms with Crippen molar-refractivity contribution < 1.29 is 14.0 Å². The fourth-order valence-corrected chi connectivity index (χ4v) is 3.22. The lowest BCUT2D eigenvalue weighted by Gasteiger charge is -2.11. The third kappa shape index (κ3) is 3.82. The number of halogens is 2. The molecule has 1 aliphatic rings. The molecule has 130 valence electrons. The lowest BCUT2D eigenvalue weighted by atomic mass is 10.1. The Hall–Kier alpha value is -2.40. The van der Waals surface area contributed by atoms with Crippen molar-refractivity contribution in [2.24, 2.45) is 11.8 Å². The Bertz CT molecular complexity index is 830. The first-order chi connectivity index (χ1) is 11.9. The predicted molar refractivity (Wildman–Crippen MR) is 96.2 cm³/mol. The van der Waals surface area contributed by atoms with Gasteiger partial charge < -0.3 is 10.6 Å². The number of carbonyl (C=O) groups excluding carboxylic acids is 2. The van der Waals surface area contributed by atoms with Gasteiger partial charge >= 0.3 is 0 Å². The number of hydrogen-bond acceptors (Lipinski definition) is 2. The molecule has 2 atom stereocenters. The maximum Gasteiger partial charge on any atom is 0.228 e. The zero-order valence-electron chi connectivity index (χ0n) is 13.9. The van der Waals surface area contributed by atoms with Gasteiger partial charge in [-0.1, -0.05) is 29.8 Å². The second-order valence-electron chi connectivity index (χ2n) is 6.35. The van der Waals surface area contributed by atoms with Crippen molar-refractivity contribution in [1.82, 2.24) is 0 Å². The van der Waals surface area contributed by atoms with Crippen LogP contribution in [0.25, 0.3) is 0 Å². The molecular weight excluding hydrogens is 343 g/mol. The molecule has 2 unspecified atom stereocenters. The van der Waals surface area contributed by atoms with Crippen LogP contribution in [0.15, 0.2) is 36.4 Å². The van der Waals surface area contributed by atoms with Crippen molar-refractivity contribution >= 4 is 34.8 Å². The van der Waals surface area contributed by atoms with E-state index in [1.165, 1.54) is 12.1 Å². The van der Waals surface area contributed by atoms with Crippen molar-refractivity contribution in [3.63, 3.8) is 0 Å². The van der Waals surface area contributed by atoms with E-state index >= 15 is 0 Å². The van der Waals surface area contributed by atoms with Crippen molar-refractivity contribution in [2.45, 2.75) is 20.3 Å². The molecule has 0 spiro atoms. The van der Waals surface area contributed by atoms with Gasteiger partial charge in [0.1, 0.15) is 5.82 Å². The molecule has 0 aromatic heterocycles. The van der Waals surface area contributed by atoms with Crippen molar-refractivity contribution in [1.29, 1.82) is 0 Å². The standard InChI is InChI=1S/C19H18ClFN2O2/c1-10-7-11(2)17(14(20)8-10)23-19(25)13-9-12(13)18(24)22-16-6-4-3-5-15(16)21/h3-8,12-13H,9H2,1-2H3,(H,22,24)(H,23,25). The molecule has 2 aromatic carbocycles. The van der Waals surface area contributed by atoms with E-state index in [-0.39, 0.29) is 17.5 Å². The van der Waals surface area contributed by atoms with Gasteiger partial charge in [-0.15, -0.1) is 0 Å². The number of hydrogen-bond donors (Lipinski definition) is 2. The van der Waals surface area contributed by atoms with Crippen LogP contribution in [0.1, 0.15) is 17.5 Å². The van der Waals surface area contributed by atoms with Gasteiger partial charge in [-0.3, -0.25) is 9.59 Å². The molecule has 2 aromatic rings. The van der Waals surface area contributed by atoms with Crippen molar-refractivity contribution in [2.75, 3.05) is 10.6 Å². The van der Waals surface area contributed by atoms with Crippen molar-refractivity contribution in [3.05, 3.63) is 58.4 Å². The highest BCUT2D eigenvalue weighted by Gasteiger charge is 2.48. The van der Waals surface area contributed by atoms with Gasteiger partial charge in [-0.25, -0.2) is 4.39 Å². The number of nitrogens with one attached hydrogen (secondary N) is 2. The Balaban J connectivity index is 1.63. The summed E-state index contributed by atoms with van der Waals surface area (Å²) in [6.45, 7) is 3.79. The van der Waals surface area contributed by atoms with E-state index in [4.69, 9.17) is 11.6 Å². The molecule has 25 heavy (non-hydrogen) atoms. The Kier molecular flexibility index (Phi) is 4.77. The Morgan fingerprint density at radius 3 is 2.36 bits per heavy atom. The first-order valence-corrected chi connectivity index (χ1v) is 8.37. The summed E-state index contributed by atoms with van der Waals surface area (Å²) in [5.74, 6) is -1.98. The fourth-order valence-electron chi connectivity index (χ4n) is 2.85. The monoisotopic (exact) mass is 360 g/mol. The number of benzene rings is 2. The number of carbonyl (C=O) groups is 2. The molecule has 3 rings (SSSR count). The van der Waals surface area contributed by atoms with E-state index in [1.807, 2.05) is 19.9 Å². The van der Waals surface area contributed by atoms with Gasteiger partial charge in [0.2, 0.25) is 11.8 Å². The predicted octanol–water partition coefficient (Wildman–Crippen LogP) is 4.31. The van der Waals surface area contributed by atoms with Crippen LogP contribution in [0, 0.1) is 31.5 Å². The summed E-state index contributed by atoms with van der Waals surface area (Å²) in [6.07, 6.45) is 0.439. The summed E-state index contributed by atoms with van der Waals surface area (Å²) in [4.78, 5) is 24.6. The Morgan fingerprint density at radius 1 is 1.08 bits per heavy atom. The lowest BCUT2D eigenvalue weighted by Crippen LogP contribution is -2.21. The molecule has 1 aliphatic carbocycles. The van der Waals surface area contributed by atoms with E-state index < -0.39 is 17.7 Å². The van der Waals surface area contributed by atoms with Crippen LogP contribution in [-0.4, -0.2) is 11.8 Å². The van der Waals surface area contributed by atoms with Crippen LogP contribution < -0.4 is 10.6 Å². The summed E-state index contributed by atoms with van der Waals surface area (Å²) >= 11 is 6.19. The number of anilines is 2. The van der Waals surface area contributed by atoms with Gasteiger partial charge in [0.15, 0.2) is 0 Å². The van der Waals surface area contributed by atoms with Crippen LogP contribution in [-0.2, 0) is 9.59 Å². The molecule has 0 radical (unpaired) electrons. The normalized spacial score (nSPS) is 18.6. The average Bonchev–Trinajstić information content (AvgIpc) is 3.33. The van der Waals surface area contributed by atoms with E-state index in [9.17, 15) is 14.0 Å². The number of amides is 2. The molecule has 0 aliphatic heterocycles. The SMILES string of the molecule is Cc1cc(C)c(NC(=O)C2CC2C(=O)Nc2ccccc2F)c(Cl)c1. The number of rotatable bonds is 4. The van der Waals surface area contributed by atoms with Crippen LogP contribution in [0.2, 0.25) is 5.02 Å². The number of aryl methyl sites for hydroxylation is 2. The highest BCUT2D eigenvalue weighted by Crippen LogP contribution is 2.41. The highest BCUT2D eigenvalue weighted by atomic mass is 35.5. The topological polar surface area (TPSA) is 58.2 Å². The molecule has 4 nitrogen and oxygen atoms in total. The minimum Gasteiger partial charge on any atom is -0.324 e. The molecule has 2 N–H and O–H groups in total. The zero-order valence-corrected chi connectivity index (χ0v) is 14.7. The lowest BCUT2D eigenvalue weighted by molar-refractivity contribution is -0.122. The molecule has 0 saturated heterocycles. The highest BCUT2D eigenvalue weighted by molar-refractivity contribution is 6.34. The second kappa shape index (κ2) is 6.84. The minimum atomic E-state index is -0.500. The van der Waals surface area contributed by atoms with E-state index in [1.54, 1.807) is 18.2 Å². The minimum absolute atomic E-state index is 0.121. The summed E-state index contributed by atoms with van der Waals surface area (Å²) in [5, 5.41) is 5.81. The van der Waals surface area contributed by atoms with Gasteiger partial charge in [0.05, 0.1) is 28.2 Å². The number of para-hydroxylation sites is 1. The van der Waals surface area contributed by atoms with E-state index in [0.29, 0.717) is 17.1 Å². The average molecular weight is 361 g/mol. The fraction of sp³-hybridized carbons (Fsp3) is 0.263. The molecular formula is C19H18ClFN2O2. The Morgan fingerprint density at radius 2 is 1.72 bits per heavy atom. The largest absolute Gasteiger partial charge is 0.324 e. The molecule has 6 heteroatoms. The van der Waals surface area contributed by atoms with Gasteiger partial charge in [-0.05, 0) is 49.6 Å². The quantitative estimate of drug-likeness (QED) is 0.853. The molecule has 1 fully saturated rings. The van der Waals surface area contributed by atoms with Gasteiger partial charge in [-0.2, -0.15) is 0 Å². The third-order valence-corrected chi connectivity index (χ3v) is 4.57. The summed E-state index contributed by atoms with van der Waals surface area (Å²) in [6, 6.07) is 9.65. The summed E-state index contributed by atoms with van der Waals surface area (Å²) in [7, 11) is 0. The van der Waals surface area contributed by atoms with Crippen LogP contribution in [0.3, 0.4) is 0 Å². The van der Waals surface area contributed by atoms with Gasteiger partial charge in [0.25, 0.3) is 0 Å². The second-order valence-corrected chi connectivity index (χ2v) is 6.75. The van der Waals surface area contributed by atoms with E-state index in [0.717, 1.165) is 11.1 Å². The first kappa shape index (κ1) is 17.4. The third-order valence-electron chi connectivity index (χ3n) is 4.28. The summed E-state index contributed by atoms with van der Waals surface area (Å²) in [5.41, 5.74) is 2.56. The first-order valence-electron chi connectivity index (χ1n) is 8.00. The van der Waals surface area contributed by atoms with Gasteiger partial charge in [0, 0.05) is 0 Å². The smallest absolute Gasteiger partial charge is 0.228 e. The maximum absolute atomic E-state index is 13.6. The Labute approximate surface area is 150 Å². The van der Waals surface area contributed by atoms with E-state index in [2.05, 4.69) is 10.6 Å². The summed E-state index contributed by atoms with van der Waals surface area (Å²) < 4.78 is 13.6. The van der Waals surface area contributed by atoms with Crippen LogP contribution in [0.5, 0.6) is 0 Å². The molecule has 0 heterocycles. The van der Waals surface area contributed by atoms with Crippen LogP contribution in [0.4, 0.5) is 15.8 Å². The molecule has 0 bridgehead atoms. The zero-order chi connectivity index (χ0) is 18.1.